The third-order valence-electron chi connectivity index (χ3n) is 6.15. The van der Waals surface area contributed by atoms with Gasteiger partial charge in [-0.25, -0.2) is 4.79 Å². The standard InChI is InChI=1S/C28H36N2O9/c1-17(27(35)36-15-20-10-6-4-7-11-20)29-26(34)18(2)38-25-23(30-19(3)32)28(39-22(14-31)24(25)33)37-16-21-12-8-5-9-13-21/h4-13,17-18,22-25,28,31,33H,14-16H2,1-3H3,(H,29,34)(H,30,32)/t17-,18-,22+,23+,24-,25+,28-/m1/s1. The number of hydrogen-bond acceptors (Lipinski definition) is 9. The maximum atomic E-state index is 12.9. The fourth-order valence-corrected chi connectivity index (χ4v) is 4.05. The van der Waals surface area contributed by atoms with E-state index in [1.165, 1.54) is 20.8 Å². The van der Waals surface area contributed by atoms with E-state index in [0.717, 1.165) is 11.1 Å². The zero-order chi connectivity index (χ0) is 28.4. The summed E-state index contributed by atoms with van der Waals surface area (Å²) in [5.74, 6) is -1.70. The number of carbonyl (C=O) groups excluding carboxylic acids is 3. The van der Waals surface area contributed by atoms with Gasteiger partial charge in [0, 0.05) is 6.92 Å². The lowest BCUT2D eigenvalue weighted by Crippen LogP contribution is -2.66. The van der Waals surface area contributed by atoms with E-state index in [-0.39, 0.29) is 13.2 Å². The smallest absolute Gasteiger partial charge is 0.328 e. The Morgan fingerprint density at radius 1 is 0.974 bits per heavy atom. The van der Waals surface area contributed by atoms with E-state index in [2.05, 4.69) is 10.6 Å². The predicted molar refractivity (Wildman–Crippen MR) is 139 cm³/mol. The van der Waals surface area contributed by atoms with Gasteiger partial charge in [-0.3, -0.25) is 9.59 Å². The lowest BCUT2D eigenvalue weighted by Gasteiger charge is -2.44. The van der Waals surface area contributed by atoms with Crippen LogP contribution in [0.15, 0.2) is 60.7 Å². The largest absolute Gasteiger partial charge is 0.459 e. The number of rotatable bonds is 12. The number of amides is 2. The van der Waals surface area contributed by atoms with Gasteiger partial charge in [0.1, 0.15) is 43.1 Å². The molecule has 7 atom stereocenters. The molecule has 3 rings (SSSR count). The molecule has 39 heavy (non-hydrogen) atoms. The van der Waals surface area contributed by atoms with Crippen LogP contribution in [0.3, 0.4) is 0 Å². The van der Waals surface area contributed by atoms with E-state index in [4.69, 9.17) is 18.9 Å². The summed E-state index contributed by atoms with van der Waals surface area (Å²) in [5.41, 5.74) is 1.65. The number of aliphatic hydroxyl groups is 2. The zero-order valence-electron chi connectivity index (χ0n) is 22.2. The van der Waals surface area contributed by atoms with Crippen LogP contribution in [-0.4, -0.2) is 77.4 Å². The minimum atomic E-state index is -1.40. The molecule has 1 heterocycles. The molecular weight excluding hydrogens is 508 g/mol. The molecule has 0 bridgehead atoms. The molecule has 1 aliphatic heterocycles. The van der Waals surface area contributed by atoms with Crippen LogP contribution in [0.2, 0.25) is 0 Å². The van der Waals surface area contributed by atoms with Crippen molar-refractivity contribution in [2.45, 2.75) is 76.8 Å². The first kappa shape index (κ1) is 30.2. The lowest BCUT2D eigenvalue weighted by molar-refractivity contribution is -0.283. The average Bonchev–Trinajstić information content (AvgIpc) is 2.93. The van der Waals surface area contributed by atoms with Gasteiger partial charge >= 0.3 is 5.97 Å². The highest BCUT2D eigenvalue weighted by atomic mass is 16.7. The second-order valence-electron chi connectivity index (χ2n) is 9.31. The van der Waals surface area contributed by atoms with E-state index in [1.54, 1.807) is 0 Å². The number of carbonyl (C=O) groups is 3. The van der Waals surface area contributed by atoms with Crippen LogP contribution in [0.4, 0.5) is 0 Å². The maximum Gasteiger partial charge on any atom is 0.328 e. The number of aliphatic hydroxyl groups excluding tert-OH is 2. The molecule has 1 fully saturated rings. The summed E-state index contributed by atoms with van der Waals surface area (Å²) in [4.78, 5) is 37.2. The van der Waals surface area contributed by atoms with Crippen molar-refractivity contribution in [3.63, 3.8) is 0 Å². The summed E-state index contributed by atoms with van der Waals surface area (Å²) in [6.07, 6.45) is -5.92. The van der Waals surface area contributed by atoms with Crippen molar-refractivity contribution in [3.8, 4) is 0 Å². The first-order chi connectivity index (χ1) is 18.7. The summed E-state index contributed by atoms with van der Waals surface area (Å²) in [6, 6.07) is 16.4. The number of nitrogens with one attached hydrogen (secondary N) is 2. The monoisotopic (exact) mass is 544 g/mol. The maximum absolute atomic E-state index is 12.9. The molecule has 2 amide bonds. The Morgan fingerprint density at radius 3 is 2.13 bits per heavy atom. The average molecular weight is 545 g/mol. The Balaban J connectivity index is 1.64. The quantitative estimate of drug-likeness (QED) is 0.284. The van der Waals surface area contributed by atoms with Gasteiger partial charge in [0.2, 0.25) is 11.8 Å². The number of hydrogen-bond donors (Lipinski definition) is 4. The summed E-state index contributed by atoms with van der Waals surface area (Å²) >= 11 is 0. The Bertz CT molecular complexity index is 1070. The fraction of sp³-hybridized carbons (Fsp3) is 0.464. The van der Waals surface area contributed by atoms with Crippen molar-refractivity contribution >= 4 is 17.8 Å². The van der Waals surface area contributed by atoms with Gasteiger partial charge in [0.25, 0.3) is 0 Å². The van der Waals surface area contributed by atoms with E-state index in [1.807, 2.05) is 60.7 Å². The molecule has 11 nitrogen and oxygen atoms in total. The highest BCUT2D eigenvalue weighted by Crippen LogP contribution is 2.26. The Hall–Kier alpha value is -3.35. The summed E-state index contributed by atoms with van der Waals surface area (Å²) in [7, 11) is 0. The predicted octanol–water partition coefficient (Wildman–Crippen LogP) is 0.808. The van der Waals surface area contributed by atoms with Crippen molar-refractivity contribution in [3.05, 3.63) is 71.8 Å². The minimum absolute atomic E-state index is 0.0610. The molecule has 0 aliphatic carbocycles. The first-order valence-corrected chi connectivity index (χ1v) is 12.7. The van der Waals surface area contributed by atoms with Crippen LogP contribution in [0.25, 0.3) is 0 Å². The molecule has 0 saturated carbocycles. The molecule has 2 aromatic carbocycles. The van der Waals surface area contributed by atoms with Gasteiger partial charge < -0.3 is 39.8 Å². The Morgan fingerprint density at radius 2 is 1.56 bits per heavy atom. The van der Waals surface area contributed by atoms with Crippen molar-refractivity contribution in [1.29, 1.82) is 0 Å². The second-order valence-corrected chi connectivity index (χ2v) is 9.31. The van der Waals surface area contributed by atoms with Crippen LogP contribution < -0.4 is 10.6 Å². The van der Waals surface area contributed by atoms with E-state index in [0.29, 0.717) is 0 Å². The van der Waals surface area contributed by atoms with Crippen LogP contribution >= 0.6 is 0 Å². The number of esters is 1. The molecule has 2 aromatic rings. The van der Waals surface area contributed by atoms with E-state index < -0.39 is 67.2 Å². The molecule has 0 aromatic heterocycles. The minimum Gasteiger partial charge on any atom is -0.459 e. The SMILES string of the molecule is CC(=O)N[C@@H]1[C@H](OCc2ccccc2)O[C@@H](CO)[C@@H](O)[C@H]1O[C@H](C)C(=O)N[C@H](C)C(=O)OCc1ccccc1. The van der Waals surface area contributed by atoms with Gasteiger partial charge in [0.15, 0.2) is 6.29 Å². The van der Waals surface area contributed by atoms with Gasteiger partial charge in [-0.1, -0.05) is 60.7 Å². The molecule has 11 heteroatoms. The molecule has 212 valence electrons. The summed E-state index contributed by atoms with van der Waals surface area (Å²) in [5, 5.41) is 25.9. The summed E-state index contributed by atoms with van der Waals surface area (Å²) in [6.45, 7) is 3.85. The molecule has 0 spiro atoms. The molecule has 4 N–H and O–H groups in total. The zero-order valence-corrected chi connectivity index (χ0v) is 22.2. The Labute approximate surface area is 227 Å². The highest BCUT2D eigenvalue weighted by Gasteiger charge is 2.48. The molecular formula is C28H36N2O9. The molecule has 1 saturated heterocycles. The van der Waals surface area contributed by atoms with E-state index >= 15 is 0 Å². The third kappa shape index (κ3) is 8.84. The lowest BCUT2D eigenvalue weighted by atomic mass is 9.96. The molecule has 1 aliphatic rings. The van der Waals surface area contributed by atoms with Gasteiger partial charge in [-0.05, 0) is 25.0 Å². The third-order valence-corrected chi connectivity index (χ3v) is 6.15. The van der Waals surface area contributed by atoms with Crippen molar-refractivity contribution in [1.82, 2.24) is 10.6 Å². The van der Waals surface area contributed by atoms with Crippen molar-refractivity contribution in [2.24, 2.45) is 0 Å². The van der Waals surface area contributed by atoms with Gasteiger partial charge in [-0.15, -0.1) is 0 Å². The van der Waals surface area contributed by atoms with Gasteiger partial charge in [-0.2, -0.15) is 0 Å². The van der Waals surface area contributed by atoms with Crippen molar-refractivity contribution in [2.75, 3.05) is 6.61 Å². The fourth-order valence-electron chi connectivity index (χ4n) is 4.05. The second kappa shape index (κ2) is 14.7. The normalized spacial score (nSPS) is 24.3. The Kier molecular flexibility index (Phi) is 11.4. The van der Waals surface area contributed by atoms with Crippen LogP contribution in [0.5, 0.6) is 0 Å². The van der Waals surface area contributed by atoms with Gasteiger partial charge in [0.05, 0.1) is 13.2 Å². The van der Waals surface area contributed by atoms with Crippen molar-refractivity contribution < 1.29 is 43.5 Å². The number of benzene rings is 2. The van der Waals surface area contributed by atoms with E-state index in [9.17, 15) is 24.6 Å². The van der Waals surface area contributed by atoms with Crippen LogP contribution in [0.1, 0.15) is 31.9 Å². The van der Waals surface area contributed by atoms with Crippen LogP contribution in [-0.2, 0) is 46.5 Å². The van der Waals surface area contributed by atoms with Crippen LogP contribution in [0, 0.1) is 0 Å². The number of ether oxygens (including phenoxy) is 4. The molecule has 0 unspecified atom stereocenters. The topological polar surface area (TPSA) is 153 Å². The first-order valence-electron chi connectivity index (χ1n) is 12.7. The molecule has 0 radical (unpaired) electrons. The highest BCUT2D eigenvalue weighted by molar-refractivity contribution is 5.86. The summed E-state index contributed by atoms with van der Waals surface area (Å²) < 4.78 is 22.8.